The first-order valence-electron chi connectivity index (χ1n) is 7.27. The molecule has 0 saturated carbocycles. The zero-order chi connectivity index (χ0) is 15.3. The fourth-order valence-electron chi connectivity index (χ4n) is 3.33. The molecule has 0 spiro atoms. The Labute approximate surface area is 136 Å². The molecule has 0 atom stereocenters. The highest BCUT2D eigenvalue weighted by Gasteiger charge is 2.21. The molecule has 4 rings (SSSR count). The second-order valence-corrected chi connectivity index (χ2v) is 6.48. The highest BCUT2D eigenvalue weighted by molar-refractivity contribution is 9.10. The lowest BCUT2D eigenvalue weighted by molar-refractivity contribution is 0.803. The summed E-state index contributed by atoms with van der Waals surface area (Å²) in [7, 11) is 0. The van der Waals surface area contributed by atoms with Crippen LogP contribution in [0.1, 0.15) is 23.1 Å². The molecule has 2 heterocycles. The molecule has 0 radical (unpaired) electrons. The topological polar surface area (TPSA) is 34.4 Å². The average molecular weight is 353 g/mol. The second kappa shape index (κ2) is 4.96. The van der Waals surface area contributed by atoms with Gasteiger partial charge in [-0.3, -0.25) is 9.78 Å². The fourth-order valence-corrected chi connectivity index (χ4v) is 3.98. The number of hydrogen-bond donors (Lipinski definition) is 0. The molecular weight excluding hydrogens is 340 g/mol. The van der Waals surface area contributed by atoms with Crippen LogP contribution in [0.25, 0.3) is 16.9 Å². The average Bonchev–Trinajstić information content (AvgIpc) is 2.85. The predicted octanol–water partition coefficient (Wildman–Crippen LogP) is 3.23. The Kier molecular flexibility index (Phi) is 3.05. The Bertz CT molecular complexity index is 981. The van der Waals surface area contributed by atoms with Gasteiger partial charge in [0.05, 0.1) is 11.2 Å². The lowest BCUT2D eigenvalue weighted by Crippen LogP contribution is -2.14. The molecule has 0 amide bonds. The minimum Gasteiger partial charge on any atom is -0.313 e. The normalized spacial score (nSPS) is 13.5. The van der Waals surface area contributed by atoms with E-state index in [2.05, 4.69) is 37.3 Å². The summed E-state index contributed by atoms with van der Waals surface area (Å²) < 4.78 is 2.95. The molecule has 1 aromatic rings. The minimum absolute atomic E-state index is 0.0749. The first kappa shape index (κ1) is 13.5. The van der Waals surface area contributed by atoms with E-state index in [1.54, 1.807) is 0 Å². The molecule has 22 heavy (non-hydrogen) atoms. The molecule has 0 N–H and O–H groups in total. The quantitative estimate of drug-likeness (QED) is 0.630. The third kappa shape index (κ3) is 1.82. The van der Waals surface area contributed by atoms with Crippen molar-refractivity contribution in [3.8, 4) is 23.7 Å². The zero-order valence-electron chi connectivity index (χ0n) is 11.9. The number of nitrogens with zero attached hydrogens (tertiary/aromatic N) is 2. The van der Waals surface area contributed by atoms with Crippen molar-refractivity contribution >= 4 is 21.4 Å². The largest absolute Gasteiger partial charge is 0.313 e. The number of hydrogen-bond acceptors (Lipinski definition) is 2. The van der Waals surface area contributed by atoms with Gasteiger partial charge >= 0.3 is 0 Å². The summed E-state index contributed by atoms with van der Waals surface area (Å²) in [6.07, 6.45) is 12.8. The fraction of sp³-hybridized carbons (Fsp3) is 0.222. The van der Waals surface area contributed by atoms with Crippen molar-refractivity contribution in [3.63, 3.8) is 0 Å². The van der Waals surface area contributed by atoms with E-state index >= 15 is 0 Å². The van der Waals surface area contributed by atoms with Crippen LogP contribution in [0.15, 0.2) is 33.8 Å². The number of halogens is 1. The standard InChI is InChI=1S/C18H13BrN2O/c1-2-4-12-9-14(19)17-15(18(12)22)20-10-13-6-3-5-11-7-8-21(17)16(11)13/h1,7-10H,3-6H2. The van der Waals surface area contributed by atoms with Gasteiger partial charge < -0.3 is 4.40 Å². The summed E-state index contributed by atoms with van der Waals surface area (Å²) in [6.45, 7) is 0. The van der Waals surface area contributed by atoms with Crippen LogP contribution in [0.3, 0.4) is 0 Å². The van der Waals surface area contributed by atoms with Crippen LogP contribution in [-0.2, 0) is 19.3 Å². The van der Waals surface area contributed by atoms with E-state index in [9.17, 15) is 4.79 Å². The predicted molar refractivity (Wildman–Crippen MR) is 90.3 cm³/mol. The van der Waals surface area contributed by atoms with Gasteiger partial charge in [-0.15, -0.1) is 12.3 Å². The zero-order valence-corrected chi connectivity index (χ0v) is 13.5. The van der Waals surface area contributed by atoms with Crippen molar-refractivity contribution in [1.82, 2.24) is 9.38 Å². The molecule has 4 heteroatoms. The number of benzene rings is 1. The summed E-state index contributed by atoms with van der Waals surface area (Å²) >= 11 is 3.60. The number of aromatic nitrogens is 2. The van der Waals surface area contributed by atoms with Gasteiger partial charge in [0.2, 0.25) is 5.43 Å². The molecule has 0 unspecified atom stereocenters. The molecule has 0 fully saturated rings. The van der Waals surface area contributed by atoms with E-state index in [0.717, 1.165) is 29.4 Å². The third-order valence-electron chi connectivity index (χ3n) is 4.31. The molecular formula is C18H13BrN2O. The lowest BCUT2D eigenvalue weighted by atomic mass is 9.98. The van der Waals surface area contributed by atoms with Crippen LogP contribution in [0.5, 0.6) is 0 Å². The van der Waals surface area contributed by atoms with Gasteiger partial charge in [-0.2, -0.15) is 0 Å². The van der Waals surface area contributed by atoms with E-state index < -0.39 is 0 Å². The Morgan fingerprint density at radius 2 is 2.18 bits per heavy atom. The Morgan fingerprint density at radius 3 is 3.00 bits per heavy atom. The molecule has 2 aliphatic carbocycles. The molecule has 1 aliphatic heterocycles. The van der Waals surface area contributed by atoms with Crippen LogP contribution in [0.4, 0.5) is 0 Å². The van der Waals surface area contributed by atoms with Crippen LogP contribution < -0.4 is 5.43 Å². The number of fused-ring (bicyclic) bond motifs is 2. The number of rotatable bonds is 1. The maximum atomic E-state index is 12.7. The molecule has 3 nitrogen and oxygen atoms in total. The van der Waals surface area contributed by atoms with Gasteiger partial charge in [0.15, 0.2) is 0 Å². The summed E-state index contributed by atoms with van der Waals surface area (Å²) in [5.74, 6) is 2.54. The lowest BCUT2D eigenvalue weighted by Gasteiger charge is -2.11. The van der Waals surface area contributed by atoms with E-state index in [1.165, 1.54) is 16.6 Å². The maximum absolute atomic E-state index is 12.7. The van der Waals surface area contributed by atoms with E-state index in [1.807, 2.05) is 18.5 Å². The van der Waals surface area contributed by atoms with Crippen molar-refractivity contribution in [2.75, 3.05) is 0 Å². The van der Waals surface area contributed by atoms with Crippen LogP contribution >= 0.6 is 15.9 Å². The van der Waals surface area contributed by atoms with Crippen molar-refractivity contribution in [2.24, 2.45) is 0 Å². The summed E-state index contributed by atoms with van der Waals surface area (Å²) in [6, 6.07) is 3.97. The summed E-state index contributed by atoms with van der Waals surface area (Å²) in [5.41, 5.74) is 5.55. The molecule has 0 bridgehead atoms. The molecule has 0 aromatic carbocycles. The molecule has 3 aliphatic rings. The summed E-state index contributed by atoms with van der Waals surface area (Å²) in [5, 5.41) is 0. The number of terminal acetylenes is 1. The van der Waals surface area contributed by atoms with E-state index in [0.29, 0.717) is 17.7 Å². The Morgan fingerprint density at radius 1 is 1.36 bits per heavy atom. The molecule has 108 valence electrons. The molecule has 0 saturated heterocycles. The third-order valence-corrected chi connectivity index (χ3v) is 4.91. The van der Waals surface area contributed by atoms with Gasteiger partial charge in [-0.25, -0.2) is 0 Å². The summed E-state index contributed by atoms with van der Waals surface area (Å²) in [4.78, 5) is 17.2. The molecule has 1 aromatic heterocycles. The van der Waals surface area contributed by atoms with Crippen molar-refractivity contribution in [3.05, 3.63) is 55.9 Å². The monoisotopic (exact) mass is 352 g/mol. The van der Waals surface area contributed by atoms with Gasteiger partial charge in [0.1, 0.15) is 5.69 Å². The Balaban J connectivity index is 2.20. The first-order chi connectivity index (χ1) is 10.7. The van der Waals surface area contributed by atoms with Gasteiger partial charge in [-0.1, -0.05) is 0 Å². The SMILES string of the molecule is C#CCc1cc(Br)c2n3ccc4c3c(cnc-2c1=O)CCC4. The van der Waals surface area contributed by atoms with Crippen LogP contribution in [0, 0.1) is 12.3 Å². The highest BCUT2D eigenvalue weighted by Crippen LogP contribution is 2.32. The number of aryl methyl sites for hydroxylation is 2. The van der Waals surface area contributed by atoms with Crippen molar-refractivity contribution in [1.29, 1.82) is 0 Å². The van der Waals surface area contributed by atoms with Gasteiger partial charge in [-0.05, 0) is 58.5 Å². The van der Waals surface area contributed by atoms with E-state index in [4.69, 9.17) is 6.42 Å². The van der Waals surface area contributed by atoms with Crippen molar-refractivity contribution < 1.29 is 0 Å². The Hall–Kier alpha value is -2.12. The highest BCUT2D eigenvalue weighted by atomic mass is 79.9. The smallest absolute Gasteiger partial charge is 0.210 e. The van der Waals surface area contributed by atoms with E-state index in [-0.39, 0.29) is 5.43 Å². The second-order valence-electron chi connectivity index (χ2n) is 5.62. The van der Waals surface area contributed by atoms with Gasteiger partial charge in [0, 0.05) is 28.9 Å². The van der Waals surface area contributed by atoms with Crippen LogP contribution in [-0.4, -0.2) is 9.38 Å². The minimum atomic E-state index is -0.0749. The van der Waals surface area contributed by atoms with Crippen molar-refractivity contribution in [2.45, 2.75) is 25.7 Å². The maximum Gasteiger partial charge on any atom is 0.210 e. The van der Waals surface area contributed by atoms with Crippen LogP contribution in [0.2, 0.25) is 0 Å². The van der Waals surface area contributed by atoms with Gasteiger partial charge in [0.25, 0.3) is 0 Å². The first-order valence-corrected chi connectivity index (χ1v) is 8.06.